The number of ether oxygens (including phenoxy) is 1. The summed E-state index contributed by atoms with van der Waals surface area (Å²) in [5.74, 6) is -2.65. The summed E-state index contributed by atoms with van der Waals surface area (Å²) in [6.07, 6.45) is 2.17. The molecule has 8 nitrogen and oxygen atoms in total. The van der Waals surface area contributed by atoms with Gasteiger partial charge < -0.3 is 25.6 Å². The number of hydrogen-bond acceptors (Lipinski definition) is 4. The van der Waals surface area contributed by atoms with Crippen molar-refractivity contribution in [3.8, 4) is 0 Å². The third-order valence-electron chi connectivity index (χ3n) is 3.40. The lowest BCUT2D eigenvalue weighted by molar-refractivity contribution is -0.145. The molecule has 1 saturated carbocycles. The minimum Gasteiger partial charge on any atom is -0.481 e. The smallest absolute Gasteiger partial charge is 0.326 e. The molecule has 1 aliphatic rings. The molecule has 1 aliphatic carbocycles. The topological polar surface area (TPSA) is 125 Å². The first-order chi connectivity index (χ1) is 9.38. The maximum atomic E-state index is 11.6. The number of hydrogen-bond donors (Lipinski definition) is 4. The van der Waals surface area contributed by atoms with Crippen LogP contribution < -0.4 is 10.6 Å². The van der Waals surface area contributed by atoms with Gasteiger partial charge in [-0.1, -0.05) is 0 Å². The van der Waals surface area contributed by atoms with Crippen LogP contribution in [-0.2, 0) is 14.3 Å². The van der Waals surface area contributed by atoms with Crippen LogP contribution >= 0.6 is 0 Å². The molecular formula is C12H20N2O6. The molecule has 20 heavy (non-hydrogen) atoms. The molecule has 0 spiro atoms. The van der Waals surface area contributed by atoms with Crippen molar-refractivity contribution in [1.82, 2.24) is 10.6 Å². The van der Waals surface area contributed by atoms with E-state index in [1.165, 1.54) is 0 Å². The average molecular weight is 288 g/mol. The number of aliphatic carboxylic acids is 2. The number of methoxy groups -OCH3 is 1. The fourth-order valence-electron chi connectivity index (χ4n) is 1.86. The van der Waals surface area contributed by atoms with Crippen molar-refractivity contribution in [3.63, 3.8) is 0 Å². The molecule has 0 aromatic rings. The van der Waals surface area contributed by atoms with Crippen LogP contribution in [0.25, 0.3) is 0 Å². The molecule has 0 aromatic heterocycles. The van der Waals surface area contributed by atoms with Crippen molar-refractivity contribution in [2.24, 2.45) is 5.41 Å². The quantitative estimate of drug-likeness (QED) is 0.474. The summed E-state index contributed by atoms with van der Waals surface area (Å²) in [5, 5.41) is 22.1. The summed E-state index contributed by atoms with van der Waals surface area (Å²) in [6, 6.07) is -2.09. The van der Waals surface area contributed by atoms with Crippen molar-refractivity contribution < 1.29 is 29.3 Å². The Hall–Kier alpha value is -1.83. The Balaban J connectivity index is 2.35. The minimum absolute atomic E-state index is 0.0405. The predicted molar refractivity (Wildman–Crippen MR) is 68.4 cm³/mol. The number of carboxylic acid groups (broad SMARTS) is 2. The van der Waals surface area contributed by atoms with Crippen LogP contribution in [0.3, 0.4) is 0 Å². The van der Waals surface area contributed by atoms with E-state index in [1.54, 1.807) is 7.11 Å². The molecule has 0 radical (unpaired) electrons. The molecule has 2 amide bonds. The maximum absolute atomic E-state index is 11.6. The van der Waals surface area contributed by atoms with E-state index in [1.807, 2.05) is 0 Å². The predicted octanol–water partition coefficient (Wildman–Crippen LogP) is 0.0302. The van der Waals surface area contributed by atoms with Gasteiger partial charge >= 0.3 is 18.0 Å². The van der Waals surface area contributed by atoms with Crippen molar-refractivity contribution in [2.45, 2.75) is 31.7 Å². The zero-order valence-corrected chi connectivity index (χ0v) is 11.3. The van der Waals surface area contributed by atoms with Gasteiger partial charge in [0.25, 0.3) is 0 Å². The number of rotatable bonds is 9. The molecule has 0 aromatic carbocycles. The van der Waals surface area contributed by atoms with Gasteiger partial charge in [0, 0.05) is 20.3 Å². The second-order valence-electron chi connectivity index (χ2n) is 5.06. The first-order valence-electron chi connectivity index (χ1n) is 6.36. The second-order valence-corrected chi connectivity index (χ2v) is 5.06. The highest BCUT2D eigenvalue weighted by Gasteiger charge is 2.42. The fraction of sp³-hybridized carbons (Fsp3) is 0.750. The van der Waals surface area contributed by atoms with Crippen LogP contribution in [0, 0.1) is 5.41 Å². The zero-order valence-electron chi connectivity index (χ0n) is 11.3. The third kappa shape index (κ3) is 5.43. The number of urea groups is 1. The Bertz CT molecular complexity index is 380. The van der Waals surface area contributed by atoms with Gasteiger partial charge in [0.05, 0.1) is 6.42 Å². The Morgan fingerprint density at radius 2 is 1.95 bits per heavy atom. The Labute approximate surface area is 116 Å². The molecule has 1 fully saturated rings. The van der Waals surface area contributed by atoms with Crippen LogP contribution in [0.5, 0.6) is 0 Å². The van der Waals surface area contributed by atoms with Gasteiger partial charge in [0.2, 0.25) is 0 Å². The Morgan fingerprint density at radius 3 is 2.40 bits per heavy atom. The van der Waals surface area contributed by atoms with Crippen LogP contribution in [0.15, 0.2) is 0 Å². The number of carboxylic acids is 2. The SMILES string of the molecule is COCCC1(CNC(=O)NC(CC(=O)O)C(=O)O)CC1. The van der Waals surface area contributed by atoms with Gasteiger partial charge in [0.1, 0.15) is 6.04 Å². The van der Waals surface area contributed by atoms with Gasteiger partial charge in [-0.05, 0) is 24.7 Å². The van der Waals surface area contributed by atoms with E-state index in [-0.39, 0.29) is 5.41 Å². The largest absolute Gasteiger partial charge is 0.481 e. The summed E-state index contributed by atoms with van der Waals surface area (Å²) < 4.78 is 4.99. The van der Waals surface area contributed by atoms with E-state index in [2.05, 4.69) is 10.6 Å². The van der Waals surface area contributed by atoms with Crippen molar-refractivity contribution in [3.05, 3.63) is 0 Å². The van der Waals surface area contributed by atoms with Crippen LogP contribution in [-0.4, -0.2) is 54.5 Å². The Morgan fingerprint density at radius 1 is 1.30 bits per heavy atom. The van der Waals surface area contributed by atoms with E-state index in [9.17, 15) is 14.4 Å². The lowest BCUT2D eigenvalue weighted by Crippen LogP contribution is -2.48. The van der Waals surface area contributed by atoms with Crippen molar-refractivity contribution in [2.75, 3.05) is 20.3 Å². The number of carbonyl (C=O) groups excluding carboxylic acids is 1. The molecule has 0 saturated heterocycles. The third-order valence-corrected chi connectivity index (χ3v) is 3.40. The molecule has 1 unspecified atom stereocenters. The minimum atomic E-state index is -1.43. The van der Waals surface area contributed by atoms with Crippen molar-refractivity contribution in [1.29, 1.82) is 0 Å². The number of nitrogens with one attached hydrogen (secondary N) is 2. The summed E-state index contributed by atoms with van der Waals surface area (Å²) in [6.45, 7) is 1.04. The average Bonchev–Trinajstić information content (AvgIpc) is 3.13. The number of carbonyl (C=O) groups is 3. The molecule has 1 atom stereocenters. The van der Waals surface area contributed by atoms with E-state index >= 15 is 0 Å². The van der Waals surface area contributed by atoms with Gasteiger partial charge in [-0.2, -0.15) is 0 Å². The van der Waals surface area contributed by atoms with Crippen LogP contribution in [0.1, 0.15) is 25.7 Å². The monoisotopic (exact) mass is 288 g/mol. The molecule has 0 heterocycles. The number of amides is 2. The van der Waals surface area contributed by atoms with E-state index in [4.69, 9.17) is 14.9 Å². The summed E-state index contributed by atoms with van der Waals surface area (Å²) in [4.78, 5) is 32.9. The first-order valence-corrected chi connectivity index (χ1v) is 6.36. The summed E-state index contributed by atoms with van der Waals surface area (Å²) >= 11 is 0. The van der Waals surface area contributed by atoms with Gasteiger partial charge in [-0.15, -0.1) is 0 Å². The highest BCUT2D eigenvalue weighted by Crippen LogP contribution is 2.48. The van der Waals surface area contributed by atoms with Crippen LogP contribution in [0.2, 0.25) is 0 Å². The molecule has 1 rings (SSSR count). The lowest BCUT2D eigenvalue weighted by Gasteiger charge is -2.17. The molecular weight excluding hydrogens is 268 g/mol. The van der Waals surface area contributed by atoms with Gasteiger partial charge in [-0.3, -0.25) is 4.79 Å². The molecule has 0 bridgehead atoms. The molecule has 0 aliphatic heterocycles. The molecule has 4 N–H and O–H groups in total. The standard InChI is InChI=1S/C12H20N2O6/c1-20-5-4-12(2-3-12)7-13-11(19)14-8(10(17)18)6-9(15)16/h8H,2-7H2,1H3,(H,15,16)(H,17,18)(H2,13,14,19). The maximum Gasteiger partial charge on any atom is 0.326 e. The summed E-state index contributed by atoms with van der Waals surface area (Å²) in [7, 11) is 1.61. The normalized spacial score (nSPS) is 17.1. The second kappa shape index (κ2) is 7.09. The first kappa shape index (κ1) is 16.2. The summed E-state index contributed by atoms with van der Waals surface area (Å²) in [5.41, 5.74) is 0.0405. The van der Waals surface area contributed by atoms with Gasteiger partial charge in [0.15, 0.2) is 0 Å². The zero-order chi connectivity index (χ0) is 15.2. The lowest BCUT2D eigenvalue weighted by atomic mass is 10.0. The molecule has 8 heteroatoms. The van der Waals surface area contributed by atoms with Crippen LogP contribution in [0.4, 0.5) is 4.79 Å². The van der Waals surface area contributed by atoms with E-state index in [0.29, 0.717) is 13.2 Å². The highest BCUT2D eigenvalue weighted by molar-refractivity contribution is 5.86. The van der Waals surface area contributed by atoms with Gasteiger partial charge in [-0.25, -0.2) is 9.59 Å². The highest BCUT2D eigenvalue weighted by atomic mass is 16.5. The fourth-order valence-corrected chi connectivity index (χ4v) is 1.86. The van der Waals surface area contributed by atoms with E-state index < -0.39 is 30.4 Å². The Kier molecular flexibility index (Phi) is 5.75. The van der Waals surface area contributed by atoms with E-state index in [0.717, 1.165) is 19.3 Å². The van der Waals surface area contributed by atoms with Crippen molar-refractivity contribution >= 4 is 18.0 Å². The molecule has 114 valence electrons.